The average Bonchev–Trinajstić information content (AvgIpc) is 2.71. The lowest BCUT2D eigenvalue weighted by Crippen LogP contribution is -2.25. The van der Waals surface area contributed by atoms with E-state index in [0.29, 0.717) is 11.9 Å². The van der Waals surface area contributed by atoms with E-state index in [9.17, 15) is 17.2 Å². The Hall–Kier alpha value is -1.39. The molecule has 1 heterocycles. The van der Waals surface area contributed by atoms with Gasteiger partial charge in [-0.2, -0.15) is 4.98 Å². The van der Waals surface area contributed by atoms with Crippen molar-refractivity contribution in [1.82, 2.24) is 14.9 Å². The SMILES string of the molecule is Cc1noc(CNS(=O)(=O)c2c(F)cc(F)cc2Br)n1. The molecule has 2 rings (SSSR count). The van der Waals surface area contributed by atoms with E-state index >= 15 is 0 Å². The van der Waals surface area contributed by atoms with Crippen LogP contribution in [0, 0.1) is 18.6 Å². The Morgan fingerprint density at radius 2 is 2.10 bits per heavy atom. The summed E-state index contributed by atoms with van der Waals surface area (Å²) in [4.78, 5) is 3.11. The summed E-state index contributed by atoms with van der Waals surface area (Å²) in [5.74, 6) is -1.72. The van der Waals surface area contributed by atoms with Gasteiger partial charge < -0.3 is 4.52 Å². The molecule has 0 saturated heterocycles. The molecular weight excluding hydrogens is 360 g/mol. The van der Waals surface area contributed by atoms with Crippen molar-refractivity contribution in [2.75, 3.05) is 0 Å². The minimum atomic E-state index is -4.19. The number of nitrogens with one attached hydrogen (secondary N) is 1. The van der Waals surface area contributed by atoms with Crippen LogP contribution >= 0.6 is 15.9 Å². The first-order chi connectivity index (χ1) is 9.29. The summed E-state index contributed by atoms with van der Waals surface area (Å²) < 4.78 is 57.1. The molecule has 20 heavy (non-hydrogen) atoms. The predicted octanol–water partition coefficient (Wildman–Crippen LogP) is 1.90. The number of hydrogen-bond donors (Lipinski definition) is 1. The standard InChI is InChI=1S/C10H8BrF2N3O3S/c1-5-15-9(19-16-5)4-14-20(17,18)10-7(11)2-6(12)3-8(10)13/h2-3,14H,4H2,1H3. The van der Waals surface area contributed by atoms with Gasteiger partial charge in [0.25, 0.3) is 0 Å². The summed E-state index contributed by atoms with van der Waals surface area (Å²) in [7, 11) is -4.19. The molecule has 0 bridgehead atoms. The third kappa shape index (κ3) is 3.19. The maximum absolute atomic E-state index is 13.6. The van der Waals surface area contributed by atoms with Gasteiger partial charge in [-0.15, -0.1) is 0 Å². The molecule has 6 nitrogen and oxygen atoms in total. The Bertz CT molecular complexity index is 725. The Labute approximate surface area is 121 Å². The molecule has 0 amide bonds. The maximum atomic E-state index is 13.6. The molecule has 0 atom stereocenters. The molecule has 1 aromatic heterocycles. The van der Waals surface area contributed by atoms with Gasteiger partial charge in [-0.1, -0.05) is 5.16 Å². The third-order valence-corrected chi connectivity index (χ3v) is 4.58. The molecule has 10 heteroatoms. The fourth-order valence-electron chi connectivity index (χ4n) is 1.43. The van der Waals surface area contributed by atoms with E-state index in [1.807, 2.05) is 0 Å². The van der Waals surface area contributed by atoms with Crippen LogP contribution in [0.2, 0.25) is 0 Å². The van der Waals surface area contributed by atoms with E-state index in [1.165, 1.54) is 0 Å². The van der Waals surface area contributed by atoms with Crippen LogP contribution in [0.3, 0.4) is 0 Å². The number of aromatic nitrogens is 2. The molecule has 0 fully saturated rings. The van der Waals surface area contributed by atoms with Gasteiger partial charge in [0.2, 0.25) is 15.9 Å². The Morgan fingerprint density at radius 1 is 1.40 bits per heavy atom. The molecule has 0 spiro atoms. The monoisotopic (exact) mass is 367 g/mol. The maximum Gasteiger partial charge on any atom is 0.245 e. The molecule has 0 aliphatic heterocycles. The Balaban J connectivity index is 2.27. The molecule has 1 N–H and O–H groups in total. The molecule has 0 unspecified atom stereocenters. The van der Waals surface area contributed by atoms with Gasteiger partial charge in [0, 0.05) is 10.5 Å². The zero-order valence-electron chi connectivity index (χ0n) is 10.0. The van der Waals surface area contributed by atoms with E-state index < -0.39 is 26.6 Å². The zero-order chi connectivity index (χ0) is 14.9. The number of hydrogen-bond acceptors (Lipinski definition) is 5. The van der Waals surface area contributed by atoms with Crippen molar-refractivity contribution in [2.45, 2.75) is 18.4 Å². The van der Waals surface area contributed by atoms with Crippen LogP contribution in [0.5, 0.6) is 0 Å². The van der Waals surface area contributed by atoms with Crippen molar-refractivity contribution < 1.29 is 21.7 Å². The highest BCUT2D eigenvalue weighted by Gasteiger charge is 2.24. The topological polar surface area (TPSA) is 85.1 Å². The minimum Gasteiger partial charge on any atom is -0.338 e. The minimum absolute atomic E-state index is 0.0321. The van der Waals surface area contributed by atoms with Crippen LogP contribution in [0.4, 0.5) is 8.78 Å². The number of rotatable bonds is 4. The van der Waals surface area contributed by atoms with Crippen LogP contribution in [0.25, 0.3) is 0 Å². The smallest absolute Gasteiger partial charge is 0.245 e. The number of halogens is 3. The highest BCUT2D eigenvalue weighted by molar-refractivity contribution is 9.10. The van der Waals surface area contributed by atoms with E-state index in [4.69, 9.17) is 4.52 Å². The van der Waals surface area contributed by atoms with Crippen LogP contribution in [-0.4, -0.2) is 18.6 Å². The summed E-state index contributed by atoms with van der Waals surface area (Å²) in [5, 5.41) is 3.48. The quantitative estimate of drug-likeness (QED) is 0.891. The Morgan fingerprint density at radius 3 is 2.65 bits per heavy atom. The lowest BCUT2D eigenvalue weighted by molar-refractivity contribution is 0.372. The second kappa shape index (κ2) is 5.54. The summed E-state index contributed by atoms with van der Waals surface area (Å²) in [6, 6.07) is 1.34. The molecule has 0 radical (unpaired) electrons. The van der Waals surface area contributed by atoms with E-state index in [0.717, 1.165) is 6.07 Å². The summed E-state index contributed by atoms with van der Waals surface area (Å²) in [6.45, 7) is 1.27. The van der Waals surface area contributed by atoms with Crippen LogP contribution in [0.15, 0.2) is 26.0 Å². The van der Waals surface area contributed by atoms with Gasteiger partial charge in [0.05, 0.1) is 6.54 Å². The first kappa shape index (κ1) is 15.0. The molecule has 0 saturated carbocycles. The second-order valence-electron chi connectivity index (χ2n) is 3.76. The molecule has 0 aliphatic carbocycles. The van der Waals surface area contributed by atoms with Gasteiger partial charge >= 0.3 is 0 Å². The summed E-state index contributed by atoms with van der Waals surface area (Å²) in [6.07, 6.45) is 0. The van der Waals surface area contributed by atoms with Gasteiger partial charge in [-0.3, -0.25) is 0 Å². The zero-order valence-corrected chi connectivity index (χ0v) is 12.4. The number of sulfonamides is 1. The van der Waals surface area contributed by atoms with Crippen LogP contribution < -0.4 is 4.72 Å². The van der Waals surface area contributed by atoms with Crippen molar-refractivity contribution in [3.63, 3.8) is 0 Å². The Kier molecular flexibility index (Phi) is 4.16. The molecular formula is C10H8BrF2N3O3S. The number of benzene rings is 1. The normalized spacial score (nSPS) is 11.8. The van der Waals surface area contributed by atoms with Crippen LogP contribution in [0.1, 0.15) is 11.7 Å². The van der Waals surface area contributed by atoms with Crippen LogP contribution in [-0.2, 0) is 16.6 Å². The lowest BCUT2D eigenvalue weighted by atomic mass is 10.3. The third-order valence-electron chi connectivity index (χ3n) is 2.21. The first-order valence-electron chi connectivity index (χ1n) is 5.23. The average molecular weight is 368 g/mol. The van der Waals surface area contributed by atoms with E-state index in [1.54, 1.807) is 6.92 Å². The van der Waals surface area contributed by atoms with Crippen molar-refractivity contribution in [3.05, 3.63) is 40.0 Å². The predicted molar refractivity (Wildman–Crippen MR) is 67.1 cm³/mol. The second-order valence-corrected chi connectivity index (χ2v) is 6.32. The van der Waals surface area contributed by atoms with Crippen molar-refractivity contribution >= 4 is 26.0 Å². The first-order valence-corrected chi connectivity index (χ1v) is 7.50. The van der Waals surface area contributed by atoms with Gasteiger partial charge in [0.1, 0.15) is 16.5 Å². The number of aryl methyl sites for hydroxylation is 1. The fraction of sp³-hybridized carbons (Fsp3) is 0.200. The highest BCUT2D eigenvalue weighted by Crippen LogP contribution is 2.26. The summed E-state index contributed by atoms with van der Waals surface area (Å²) in [5.41, 5.74) is 0. The molecule has 108 valence electrons. The van der Waals surface area contributed by atoms with Crippen molar-refractivity contribution in [2.24, 2.45) is 0 Å². The van der Waals surface area contributed by atoms with Gasteiger partial charge in [-0.25, -0.2) is 21.9 Å². The molecule has 0 aliphatic rings. The highest BCUT2D eigenvalue weighted by atomic mass is 79.9. The van der Waals surface area contributed by atoms with E-state index in [2.05, 4.69) is 30.8 Å². The summed E-state index contributed by atoms with van der Waals surface area (Å²) >= 11 is 2.81. The fourth-order valence-corrected chi connectivity index (χ4v) is 3.56. The molecule has 2 aromatic rings. The van der Waals surface area contributed by atoms with Gasteiger partial charge in [0.15, 0.2) is 5.82 Å². The van der Waals surface area contributed by atoms with E-state index in [-0.39, 0.29) is 16.9 Å². The molecule has 1 aromatic carbocycles. The van der Waals surface area contributed by atoms with Crippen molar-refractivity contribution in [1.29, 1.82) is 0 Å². The largest absolute Gasteiger partial charge is 0.338 e. The lowest BCUT2D eigenvalue weighted by Gasteiger charge is -2.08. The van der Waals surface area contributed by atoms with Gasteiger partial charge in [-0.05, 0) is 28.9 Å². The number of nitrogens with zero attached hydrogens (tertiary/aromatic N) is 2. The van der Waals surface area contributed by atoms with Crippen molar-refractivity contribution in [3.8, 4) is 0 Å².